The number of hydrazone groups is 1. The van der Waals surface area contributed by atoms with E-state index in [1.54, 1.807) is 12.1 Å². The van der Waals surface area contributed by atoms with Gasteiger partial charge < -0.3 is 4.42 Å². The summed E-state index contributed by atoms with van der Waals surface area (Å²) in [5.41, 5.74) is 1.56. The van der Waals surface area contributed by atoms with Crippen LogP contribution in [0.2, 0.25) is 0 Å². The minimum absolute atomic E-state index is 0.0250. The highest BCUT2D eigenvalue weighted by molar-refractivity contribution is 5.80. The fourth-order valence-corrected chi connectivity index (χ4v) is 1.96. The SMILES string of the molecule is O=C(Cn1nnc(-c2cccc(C(F)(F)F)c2)n1)N/N=C\c1ccco1. The summed E-state index contributed by atoms with van der Waals surface area (Å²) in [6, 6.07) is 7.83. The van der Waals surface area contributed by atoms with Gasteiger partial charge in [-0.1, -0.05) is 12.1 Å². The number of nitrogens with zero attached hydrogens (tertiary/aromatic N) is 5. The first-order valence-corrected chi connectivity index (χ1v) is 7.23. The van der Waals surface area contributed by atoms with Crippen molar-refractivity contribution in [3.8, 4) is 11.4 Å². The van der Waals surface area contributed by atoms with E-state index < -0.39 is 17.6 Å². The van der Waals surface area contributed by atoms with Crippen LogP contribution in [-0.4, -0.2) is 32.3 Å². The number of alkyl halides is 3. The predicted molar refractivity (Wildman–Crippen MR) is 82.7 cm³/mol. The second kappa shape index (κ2) is 7.17. The van der Waals surface area contributed by atoms with Gasteiger partial charge in [0.25, 0.3) is 5.91 Å². The smallest absolute Gasteiger partial charge is 0.416 e. The molecule has 26 heavy (non-hydrogen) atoms. The van der Waals surface area contributed by atoms with Gasteiger partial charge in [0.1, 0.15) is 12.3 Å². The van der Waals surface area contributed by atoms with Crippen LogP contribution >= 0.6 is 0 Å². The van der Waals surface area contributed by atoms with Crippen molar-refractivity contribution < 1.29 is 22.4 Å². The zero-order valence-electron chi connectivity index (χ0n) is 13.0. The van der Waals surface area contributed by atoms with Crippen molar-refractivity contribution in [2.75, 3.05) is 0 Å². The lowest BCUT2D eigenvalue weighted by Crippen LogP contribution is -2.24. The molecule has 3 aromatic rings. The molecule has 0 aliphatic rings. The molecule has 1 N–H and O–H groups in total. The minimum atomic E-state index is -4.47. The zero-order chi connectivity index (χ0) is 18.6. The highest BCUT2D eigenvalue weighted by Gasteiger charge is 2.30. The standard InChI is InChI=1S/C15H11F3N6O2/c16-15(17,18)11-4-1-3-10(7-11)14-21-23-24(22-14)9-13(25)20-19-8-12-5-2-6-26-12/h1-8H,9H2,(H,20,25)/b19-8-. The molecular formula is C15H11F3N6O2. The quantitative estimate of drug-likeness (QED) is 0.552. The highest BCUT2D eigenvalue weighted by atomic mass is 19.4. The number of carbonyl (C=O) groups is 1. The van der Waals surface area contributed by atoms with Gasteiger partial charge in [-0.25, -0.2) is 5.43 Å². The van der Waals surface area contributed by atoms with Crippen LogP contribution in [0.5, 0.6) is 0 Å². The highest BCUT2D eigenvalue weighted by Crippen LogP contribution is 2.31. The molecule has 2 heterocycles. The van der Waals surface area contributed by atoms with Gasteiger partial charge in [0, 0.05) is 5.56 Å². The average Bonchev–Trinajstić information content (AvgIpc) is 3.26. The van der Waals surface area contributed by atoms with E-state index in [1.807, 2.05) is 0 Å². The molecule has 0 saturated heterocycles. The van der Waals surface area contributed by atoms with Crippen LogP contribution in [0.25, 0.3) is 11.4 Å². The van der Waals surface area contributed by atoms with E-state index in [0.717, 1.165) is 16.9 Å². The van der Waals surface area contributed by atoms with Crippen molar-refractivity contribution in [2.24, 2.45) is 5.10 Å². The Hall–Kier alpha value is -3.50. The molecule has 0 aliphatic heterocycles. The lowest BCUT2D eigenvalue weighted by atomic mass is 10.1. The molecule has 3 rings (SSSR count). The maximum absolute atomic E-state index is 12.7. The van der Waals surface area contributed by atoms with Gasteiger partial charge in [0.15, 0.2) is 0 Å². The van der Waals surface area contributed by atoms with Crippen LogP contribution in [-0.2, 0) is 17.5 Å². The van der Waals surface area contributed by atoms with Crippen LogP contribution < -0.4 is 5.43 Å². The van der Waals surface area contributed by atoms with Gasteiger partial charge in [-0.05, 0) is 29.5 Å². The maximum Gasteiger partial charge on any atom is 0.416 e. The summed E-state index contributed by atoms with van der Waals surface area (Å²) in [6.45, 7) is -0.304. The number of aromatic nitrogens is 4. The Morgan fingerprint density at radius 3 is 2.88 bits per heavy atom. The van der Waals surface area contributed by atoms with Crippen molar-refractivity contribution in [3.05, 3.63) is 54.0 Å². The largest absolute Gasteiger partial charge is 0.463 e. The lowest BCUT2D eigenvalue weighted by Gasteiger charge is -2.06. The van der Waals surface area contributed by atoms with Gasteiger partial charge >= 0.3 is 6.18 Å². The third-order valence-electron chi connectivity index (χ3n) is 3.11. The molecule has 0 atom stereocenters. The second-order valence-corrected chi connectivity index (χ2v) is 5.03. The fourth-order valence-electron chi connectivity index (χ4n) is 1.96. The van der Waals surface area contributed by atoms with Crippen LogP contribution in [0.3, 0.4) is 0 Å². The number of furan rings is 1. The summed E-state index contributed by atoms with van der Waals surface area (Å²) in [5.74, 6) is -0.111. The predicted octanol–water partition coefficient (Wildman–Crippen LogP) is 2.10. The maximum atomic E-state index is 12.7. The van der Waals surface area contributed by atoms with E-state index >= 15 is 0 Å². The first-order chi connectivity index (χ1) is 12.4. The number of hydrogen-bond donors (Lipinski definition) is 1. The summed E-state index contributed by atoms with van der Waals surface area (Å²) in [7, 11) is 0. The zero-order valence-corrected chi connectivity index (χ0v) is 13.0. The monoisotopic (exact) mass is 364 g/mol. The number of amides is 1. The first kappa shape index (κ1) is 17.3. The molecule has 0 aliphatic carbocycles. The summed E-state index contributed by atoms with van der Waals surface area (Å²) in [5, 5.41) is 14.9. The van der Waals surface area contributed by atoms with Crippen LogP contribution in [0.4, 0.5) is 13.2 Å². The fraction of sp³-hybridized carbons (Fsp3) is 0.133. The minimum Gasteiger partial charge on any atom is -0.463 e. The number of hydrogen-bond acceptors (Lipinski definition) is 6. The molecule has 8 nitrogen and oxygen atoms in total. The van der Waals surface area contributed by atoms with Gasteiger partial charge in [0.05, 0.1) is 18.0 Å². The van der Waals surface area contributed by atoms with E-state index in [0.29, 0.717) is 5.76 Å². The number of tetrazole rings is 1. The number of halogens is 3. The Morgan fingerprint density at radius 1 is 1.31 bits per heavy atom. The Balaban J connectivity index is 1.64. The average molecular weight is 364 g/mol. The van der Waals surface area contributed by atoms with Crippen molar-refractivity contribution in [1.29, 1.82) is 0 Å². The molecule has 0 spiro atoms. The van der Waals surface area contributed by atoms with Gasteiger partial charge in [-0.3, -0.25) is 4.79 Å². The summed E-state index contributed by atoms with van der Waals surface area (Å²) < 4.78 is 43.2. The topological polar surface area (TPSA) is 98.2 Å². The van der Waals surface area contributed by atoms with Crippen molar-refractivity contribution >= 4 is 12.1 Å². The van der Waals surface area contributed by atoms with Crippen LogP contribution in [0.15, 0.2) is 52.2 Å². The molecule has 2 aromatic heterocycles. The van der Waals surface area contributed by atoms with Gasteiger partial charge in [0.2, 0.25) is 5.82 Å². The van der Waals surface area contributed by atoms with Crippen LogP contribution in [0, 0.1) is 0 Å². The number of carbonyl (C=O) groups excluding carboxylic acids is 1. The Morgan fingerprint density at radius 2 is 2.15 bits per heavy atom. The second-order valence-electron chi connectivity index (χ2n) is 5.03. The van der Waals surface area contributed by atoms with Crippen molar-refractivity contribution in [2.45, 2.75) is 12.7 Å². The number of rotatable bonds is 5. The number of benzene rings is 1. The summed E-state index contributed by atoms with van der Waals surface area (Å²) in [6.07, 6.45) is -1.71. The van der Waals surface area contributed by atoms with Crippen molar-refractivity contribution in [3.63, 3.8) is 0 Å². The normalized spacial score (nSPS) is 11.8. The molecular weight excluding hydrogens is 353 g/mol. The molecule has 0 unspecified atom stereocenters. The lowest BCUT2D eigenvalue weighted by molar-refractivity contribution is -0.137. The molecule has 0 bridgehead atoms. The van der Waals surface area contributed by atoms with Crippen molar-refractivity contribution in [1.82, 2.24) is 25.6 Å². The molecule has 0 radical (unpaired) electrons. The van der Waals surface area contributed by atoms with E-state index in [-0.39, 0.29) is 17.9 Å². The van der Waals surface area contributed by atoms with E-state index in [9.17, 15) is 18.0 Å². The van der Waals surface area contributed by atoms with Gasteiger partial charge in [-0.15, -0.1) is 10.2 Å². The van der Waals surface area contributed by atoms with Crippen LogP contribution in [0.1, 0.15) is 11.3 Å². The summed E-state index contributed by atoms with van der Waals surface area (Å²) >= 11 is 0. The molecule has 0 saturated carbocycles. The molecule has 1 aromatic carbocycles. The van der Waals surface area contributed by atoms with E-state index in [1.165, 1.54) is 24.6 Å². The Labute approximate surface area is 144 Å². The van der Waals surface area contributed by atoms with E-state index in [2.05, 4.69) is 25.9 Å². The molecule has 1 amide bonds. The third-order valence-corrected chi connectivity index (χ3v) is 3.11. The molecule has 11 heteroatoms. The van der Waals surface area contributed by atoms with E-state index in [4.69, 9.17) is 4.42 Å². The Kier molecular flexibility index (Phi) is 4.78. The first-order valence-electron chi connectivity index (χ1n) is 7.23. The molecule has 134 valence electrons. The summed E-state index contributed by atoms with van der Waals surface area (Å²) in [4.78, 5) is 12.7. The molecule has 0 fully saturated rings. The third kappa shape index (κ3) is 4.32. The number of nitrogens with one attached hydrogen (secondary N) is 1. The van der Waals surface area contributed by atoms with Gasteiger partial charge in [-0.2, -0.15) is 23.1 Å². The Bertz CT molecular complexity index is 918.